The van der Waals surface area contributed by atoms with Gasteiger partial charge in [0, 0.05) is 17.6 Å². The number of sulfonamides is 1. The van der Waals surface area contributed by atoms with Crippen LogP contribution < -0.4 is 9.62 Å². The lowest BCUT2D eigenvalue weighted by molar-refractivity contribution is -0.139. The maximum absolute atomic E-state index is 14.1. The van der Waals surface area contributed by atoms with E-state index in [4.69, 9.17) is 11.6 Å². The van der Waals surface area contributed by atoms with Gasteiger partial charge in [0.05, 0.1) is 10.6 Å². The van der Waals surface area contributed by atoms with E-state index in [0.717, 1.165) is 53.1 Å². The van der Waals surface area contributed by atoms with Crippen LogP contribution in [0, 0.1) is 13.8 Å². The molecule has 9 heteroatoms. The van der Waals surface area contributed by atoms with E-state index in [1.807, 2.05) is 26.0 Å². The van der Waals surface area contributed by atoms with Crippen LogP contribution in [0.4, 0.5) is 5.69 Å². The molecule has 0 aromatic heterocycles. The maximum Gasteiger partial charge on any atom is 0.264 e. The number of carbonyl (C=O) groups excluding carboxylic acids is 2. The van der Waals surface area contributed by atoms with Crippen molar-refractivity contribution in [2.45, 2.75) is 76.4 Å². The molecule has 1 N–H and O–H groups in total. The van der Waals surface area contributed by atoms with Gasteiger partial charge in [-0.3, -0.25) is 13.9 Å². The Balaban J connectivity index is 1.70. The molecule has 1 aliphatic rings. The molecule has 0 saturated heterocycles. The smallest absolute Gasteiger partial charge is 0.264 e. The van der Waals surface area contributed by atoms with Gasteiger partial charge in [-0.15, -0.1) is 0 Å². The van der Waals surface area contributed by atoms with Gasteiger partial charge in [0.1, 0.15) is 12.6 Å². The molecule has 41 heavy (non-hydrogen) atoms. The van der Waals surface area contributed by atoms with E-state index in [-0.39, 0.29) is 23.4 Å². The number of nitrogens with zero attached hydrogens (tertiary/aromatic N) is 2. The van der Waals surface area contributed by atoms with E-state index in [2.05, 4.69) is 5.32 Å². The maximum atomic E-state index is 14.1. The van der Waals surface area contributed by atoms with Crippen molar-refractivity contribution < 1.29 is 18.0 Å². The monoisotopic (exact) mass is 595 g/mol. The fourth-order valence-electron chi connectivity index (χ4n) is 5.22. The van der Waals surface area contributed by atoms with Gasteiger partial charge < -0.3 is 10.2 Å². The lowest BCUT2D eigenvalue weighted by Gasteiger charge is -2.33. The van der Waals surface area contributed by atoms with Crippen LogP contribution in [-0.4, -0.2) is 43.8 Å². The molecule has 1 atom stereocenters. The Morgan fingerprint density at radius 3 is 2.32 bits per heavy atom. The summed E-state index contributed by atoms with van der Waals surface area (Å²) < 4.78 is 29.1. The molecule has 1 unspecified atom stereocenters. The Labute approximate surface area is 248 Å². The summed E-state index contributed by atoms with van der Waals surface area (Å²) in [5, 5.41) is 3.63. The van der Waals surface area contributed by atoms with Gasteiger partial charge in [0.25, 0.3) is 10.0 Å². The molecule has 1 saturated carbocycles. The summed E-state index contributed by atoms with van der Waals surface area (Å²) in [6.45, 7) is 5.06. The first-order chi connectivity index (χ1) is 19.6. The molecule has 3 aromatic carbocycles. The molecule has 0 heterocycles. The van der Waals surface area contributed by atoms with E-state index >= 15 is 0 Å². The normalized spacial score (nSPS) is 14.7. The number of halogens is 1. The van der Waals surface area contributed by atoms with Gasteiger partial charge in [-0.05, 0) is 80.6 Å². The lowest BCUT2D eigenvalue weighted by atomic mass is 9.95. The predicted octanol–water partition coefficient (Wildman–Crippen LogP) is 6.02. The number of anilines is 1. The highest BCUT2D eigenvalue weighted by molar-refractivity contribution is 7.92. The molecule has 0 radical (unpaired) electrons. The van der Waals surface area contributed by atoms with Crippen molar-refractivity contribution >= 4 is 39.1 Å². The van der Waals surface area contributed by atoms with Crippen LogP contribution in [0.15, 0.2) is 77.7 Å². The molecule has 0 spiro atoms. The van der Waals surface area contributed by atoms with E-state index < -0.39 is 28.5 Å². The first kappa shape index (κ1) is 30.6. The molecular formula is C32H38ClN3O4S. The third-order valence-corrected chi connectivity index (χ3v) is 9.82. The second kappa shape index (κ2) is 13.5. The molecule has 3 aromatic rings. The second-order valence-corrected chi connectivity index (χ2v) is 13.0. The first-order valence-electron chi connectivity index (χ1n) is 14.1. The average Bonchev–Trinajstić information content (AvgIpc) is 2.97. The van der Waals surface area contributed by atoms with Gasteiger partial charge >= 0.3 is 0 Å². The van der Waals surface area contributed by atoms with Crippen LogP contribution in [0.1, 0.15) is 55.7 Å². The number of hydrogen-bond acceptors (Lipinski definition) is 4. The Morgan fingerprint density at radius 1 is 0.951 bits per heavy atom. The van der Waals surface area contributed by atoms with Crippen LogP contribution in [0.5, 0.6) is 0 Å². The fourth-order valence-corrected chi connectivity index (χ4v) is 6.93. The second-order valence-electron chi connectivity index (χ2n) is 10.7. The molecule has 0 aliphatic heterocycles. The Hall–Kier alpha value is -3.36. The summed E-state index contributed by atoms with van der Waals surface area (Å²) in [6.07, 6.45) is 5.11. The van der Waals surface area contributed by atoms with Crippen molar-refractivity contribution in [3.63, 3.8) is 0 Å². The van der Waals surface area contributed by atoms with Crippen LogP contribution in [0.25, 0.3) is 0 Å². The third-order valence-electron chi connectivity index (χ3n) is 7.82. The number of aryl methyl sites for hydroxylation is 1. The van der Waals surface area contributed by atoms with Crippen molar-refractivity contribution in [3.8, 4) is 0 Å². The minimum absolute atomic E-state index is 0.0757. The molecule has 2 amide bonds. The Bertz CT molecular complexity index is 1470. The molecule has 7 nitrogen and oxygen atoms in total. The number of hydrogen-bond donors (Lipinski definition) is 1. The van der Waals surface area contributed by atoms with Crippen LogP contribution in [0.3, 0.4) is 0 Å². The van der Waals surface area contributed by atoms with Crippen molar-refractivity contribution in [1.82, 2.24) is 10.2 Å². The Kier molecular flexibility index (Phi) is 10.1. The number of amides is 2. The highest BCUT2D eigenvalue weighted by Crippen LogP contribution is 2.29. The first-order valence-corrected chi connectivity index (χ1v) is 15.9. The summed E-state index contributed by atoms with van der Waals surface area (Å²) in [5.74, 6) is -0.742. The molecule has 218 valence electrons. The SMILES string of the molecule is Cc1cccc(N(CC(=O)N(Cc2cccc(Cl)c2)C(C)C(=O)NC2CCCCC2)S(=O)(=O)c2ccccc2)c1C. The van der Waals surface area contributed by atoms with Gasteiger partial charge in [0.2, 0.25) is 11.8 Å². The van der Waals surface area contributed by atoms with Crippen LogP contribution in [-0.2, 0) is 26.2 Å². The predicted molar refractivity (Wildman–Crippen MR) is 163 cm³/mol. The third kappa shape index (κ3) is 7.49. The number of carbonyl (C=O) groups is 2. The highest BCUT2D eigenvalue weighted by atomic mass is 35.5. The Morgan fingerprint density at radius 2 is 1.63 bits per heavy atom. The largest absolute Gasteiger partial charge is 0.352 e. The minimum atomic E-state index is -4.11. The summed E-state index contributed by atoms with van der Waals surface area (Å²) in [7, 11) is -4.11. The summed E-state index contributed by atoms with van der Waals surface area (Å²) >= 11 is 6.23. The average molecular weight is 596 g/mol. The van der Waals surface area contributed by atoms with E-state index in [1.165, 1.54) is 17.0 Å². The number of nitrogens with one attached hydrogen (secondary N) is 1. The lowest BCUT2D eigenvalue weighted by Crippen LogP contribution is -2.53. The zero-order valence-corrected chi connectivity index (χ0v) is 25.4. The summed E-state index contributed by atoms with van der Waals surface area (Å²) in [6, 6.07) is 19.8. The zero-order chi connectivity index (χ0) is 29.6. The number of benzene rings is 3. The summed E-state index contributed by atoms with van der Waals surface area (Å²) in [4.78, 5) is 29.1. The quantitative estimate of drug-likeness (QED) is 0.311. The van der Waals surface area contributed by atoms with E-state index in [1.54, 1.807) is 55.5 Å². The molecular weight excluding hydrogens is 558 g/mol. The fraction of sp³-hybridized carbons (Fsp3) is 0.375. The van der Waals surface area contributed by atoms with E-state index in [0.29, 0.717) is 10.7 Å². The van der Waals surface area contributed by atoms with Crippen molar-refractivity contribution in [1.29, 1.82) is 0 Å². The molecule has 1 aliphatic carbocycles. The highest BCUT2D eigenvalue weighted by Gasteiger charge is 2.33. The van der Waals surface area contributed by atoms with Gasteiger partial charge in [0.15, 0.2) is 0 Å². The van der Waals surface area contributed by atoms with Gasteiger partial charge in [-0.2, -0.15) is 0 Å². The van der Waals surface area contributed by atoms with Gasteiger partial charge in [-0.1, -0.05) is 73.3 Å². The standard InChI is InChI=1S/C32H38ClN3O4S/c1-23-12-10-19-30(24(23)2)36(41(39,40)29-17-8-5-9-18-29)22-31(37)35(21-26-13-11-14-27(33)20-26)25(3)32(38)34-28-15-6-4-7-16-28/h5,8-14,17-20,25,28H,4,6-7,15-16,21-22H2,1-3H3,(H,34,38). The van der Waals surface area contributed by atoms with E-state index in [9.17, 15) is 18.0 Å². The van der Waals surface area contributed by atoms with Crippen LogP contribution >= 0.6 is 11.6 Å². The minimum Gasteiger partial charge on any atom is -0.352 e. The molecule has 1 fully saturated rings. The van der Waals surface area contributed by atoms with Crippen LogP contribution in [0.2, 0.25) is 5.02 Å². The topological polar surface area (TPSA) is 86.8 Å². The van der Waals surface area contributed by atoms with Crippen molar-refractivity contribution in [3.05, 3.63) is 94.5 Å². The van der Waals surface area contributed by atoms with Crippen molar-refractivity contribution in [2.75, 3.05) is 10.8 Å². The molecule has 4 rings (SSSR count). The molecule has 0 bridgehead atoms. The zero-order valence-electron chi connectivity index (χ0n) is 23.8. The van der Waals surface area contributed by atoms with Gasteiger partial charge in [-0.25, -0.2) is 8.42 Å². The summed E-state index contributed by atoms with van der Waals surface area (Å²) in [5.41, 5.74) is 2.82. The number of rotatable bonds is 10. The van der Waals surface area contributed by atoms with Crippen molar-refractivity contribution in [2.24, 2.45) is 0 Å².